The molecule has 0 saturated carbocycles. The van der Waals surface area contributed by atoms with Gasteiger partial charge >= 0.3 is 6.03 Å². The Morgan fingerprint density at radius 3 is 2.32 bits per heavy atom. The number of nitrogens with one attached hydrogen (secondary N) is 2. The lowest BCUT2D eigenvalue weighted by Gasteiger charge is -2.25. The molecule has 0 unspecified atom stereocenters. The number of carbonyl (C=O) groups excluding carboxylic acids is 2. The molecule has 6 nitrogen and oxygen atoms in total. The van der Waals surface area contributed by atoms with Crippen LogP contribution in [0.5, 0.6) is 0 Å². The Kier molecular flexibility index (Phi) is 7.52. The zero-order valence-electron chi connectivity index (χ0n) is 16.8. The SMILES string of the molecule is CNC(=O)c1cccc(NC(=O)N(CCN(C)C)Cc2ccc(F)cc2)c1C. The monoisotopic (exact) mass is 386 g/mol. The van der Waals surface area contributed by atoms with Gasteiger partial charge < -0.3 is 20.4 Å². The molecule has 150 valence electrons. The number of urea groups is 1. The molecule has 0 aliphatic rings. The van der Waals surface area contributed by atoms with Gasteiger partial charge in [-0.3, -0.25) is 4.79 Å². The van der Waals surface area contributed by atoms with E-state index in [-0.39, 0.29) is 17.8 Å². The third kappa shape index (κ3) is 5.79. The van der Waals surface area contributed by atoms with E-state index in [9.17, 15) is 14.0 Å². The van der Waals surface area contributed by atoms with Crippen molar-refractivity contribution in [1.29, 1.82) is 0 Å². The summed E-state index contributed by atoms with van der Waals surface area (Å²) >= 11 is 0. The molecule has 2 aromatic carbocycles. The second kappa shape index (κ2) is 9.85. The molecule has 0 spiro atoms. The van der Waals surface area contributed by atoms with Crippen LogP contribution in [-0.4, -0.2) is 56.0 Å². The van der Waals surface area contributed by atoms with Crippen LogP contribution in [0.25, 0.3) is 0 Å². The van der Waals surface area contributed by atoms with Crippen LogP contribution < -0.4 is 10.6 Å². The van der Waals surface area contributed by atoms with Gasteiger partial charge in [0.15, 0.2) is 0 Å². The fourth-order valence-corrected chi connectivity index (χ4v) is 2.73. The Bertz CT molecular complexity index is 822. The van der Waals surface area contributed by atoms with Crippen molar-refractivity contribution < 1.29 is 14.0 Å². The Balaban J connectivity index is 2.19. The number of rotatable bonds is 7. The molecule has 0 atom stereocenters. The number of halogens is 1. The van der Waals surface area contributed by atoms with Gasteiger partial charge in [0.1, 0.15) is 5.82 Å². The number of likely N-dealkylation sites (N-methyl/N-ethyl adjacent to an activating group) is 1. The summed E-state index contributed by atoms with van der Waals surface area (Å²) < 4.78 is 13.2. The molecule has 0 bridgehead atoms. The molecule has 0 saturated heterocycles. The van der Waals surface area contributed by atoms with Crippen molar-refractivity contribution in [3.63, 3.8) is 0 Å². The van der Waals surface area contributed by atoms with E-state index in [4.69, 9.17) is 0 Å². The number of amides is 3. The van der Waals surface area contributed by atoms with E-state index in [1.54, 1.807) is 49.2 Å². The highest BCUT2D eigenvalue weighted by molar-refractivity contribution is 5.98. The molecular weight excluding hydrogens is 359 g/mol. The quantitative estimate of drug-likeness (QED) is 0.769. The lowest BCUT2D eigenvalue weighted by Crippen LogP contribution is -2.39. The third-order valence-electron chi connectivity index (χ3n) is 4.44. The molecule has 2 aromatic rings. The number of benzene rings is 2. The van der Waals surface area contributed by atoms with Crippen LogP contribution >= 0.6 is 0 Å². The van der Waals surface area contributed by atoms with E-state index in [1.165, 1.54) is 12.1 Å². The largest absolute Gasteiger partial charge is 0.355 e. The minimum atomic E-state index is -0.310. The predicted molar refractivity (Wildman–Crippen MR) is 109 cm³/mol. The normalized spacial score (nSPS) is 10.6. The zero-order chi connectivity index (χ0) is 20.7. The van der Waals surface area contributed by atoms with Crippen LogP contribution in [0.4, 0.5) is 14.9 Å². The maximum Gasteiger partial charge on any atom is 0.322 e. The highest BCUT2D eigenvalue weighted by Gasteiger charge is 2.17. The summed E-state index contributed by atoms with van der Waals surface area (Å²) in [6.45, 7) is 3.34. The number of anilines is 1. The van der Waals surface area contributed by atoms with E-state index in [1.807, 2.05) is 19.0 Å². The van der Waals surface area contributed by atoms with Crippen molar-refractivity contribution >= 4 is 17.6 Å². The van der Waals surface area contributed by atoms with Crippen molar-refractivity contribution in [2.45, 2.75) is 13.5 Å². The first-order valence-electron chi connectivity index (χ1n) is 9.08. The van der Waals surface area contributed by atoms with E-state index in [2.05, 4.69) is 10.6 Å². The van der Waals surface area contributed by atoms with E-state index in [0.29, 0.717) is 36.4 Å². The van der Waals surface area contributed by atoms with Crippen LogP contribution in [0.1, 0.15) is 21.5 Å². The summed E-state index contributed by atoms with van der Waals surface area (Å²) in [6, 6.07) is 11.0. The minimum absolute atomic E-state index is 0.204. The lowest BCUT2D eigenvalue weighted by atomic mass is 10.1. The Morgan fingerprint density at radius 2 is 1.71 bits per heavy atom. The second-order valence-corrected chi connectivity index (χ2v) is 6.84. The van der Waals surface area contributed by atoms with Crippen LogP contribution in [0.15, 0.2) is 42.5 Å². The molecular formula is C21H27FN4O2. The van der Waals surface area contributed by atoms with Gasteiger partial charge in [0, 0.05) is 37.9 Å². The van der Waals surface area contributed by atoms with E-state index < -0.39 is 0 Å². The number of hydrogen-bond donors (Lipinski definition) is 2. The van der Waals surface area contributed by atoms with Crippen molar-refractivity contribution in [2.75, 3.05) is 39.5 Å². The summed E-state index contributed by atoms with van der Waals surface area (Å²) in [5.41, 5.74) is 2.63. The molecule has 0 fully saturated rings. The lowest BCUT2D eigenvalue weighted by molar-refractivity contribution is 0.0962. The van der Waals surface area contributed by atoms with Crippen molar-refractivity contribution in [1.82, 2.24) is 15.1 Å². The van der Waals surface area contributed by atoms with Crippen LogP contribution in [0.2, 0.25) is 0 Å². The molecule has 0 heterocycles. The fraction of sp³-hybridized carbons (Fsp3) is 0.333. The van der Waals surface area contributed by atoms with Crippen molar-refractivity contribution in [2.24, 2.45) is 0 Å². The molecule has 0 aliphatic carbocycles. The van der Waals surface area contributed by atoms with Crippen molar-refractivity contribution in [3.05, 3.63) is 65.0 Å². The topological polar surface area (TPSA) is 64.7 Å². The van der Waals surface area contributed by atoms with Gasteiger partial charge in [-0.2, -0.15) is 0 Å². The second-order valence-electron chi connectivity index (χ2n) is 6.84. The average Bonchev–Trinajstić information content (AvgIpc) is 2.67. The predicted octanol–water partition coefficient (Wildman–Crippen LogP) is 3.09. The maximum atomic E-state index is 13.2. The standard InChI is InChI=1S/C21H27FN4O2/c1-15-18(20(27)23-2)6-5-7-19(15)24-21(28)26(13-12-25(3)4)14-16-8-10-17(22)11-9-16/h5-11H,12-14H2,1-4H3,(H,23,27)(H,24,28). The van der Waals surface area contributed by atoms with Crippen molar-refractivity contribution in [3.8, 4) is 0 Å². The highest BCUT2D eigenvalue weighted by atomic mass is 19.1. The van der Waals surface area contributed by atoms with E-state index >= 15 is 0 Å². The molecule has 0 radical (unpaired) electrons. The first-order valence-corrected chi connectivity index (χ1v) is 9.08. The summed E-state index contributed by atoms with van der Waals surface area (Å²) in [4.78, 5) is 28.6. The number of nitrogens with zero attached hydrogens (tertiary/aromatic N) is 2. The van der Waals surface area contributed by atoms with Crippen LogP contribution in [0.3, 0.4) is 0 Å². The Hall–Kier alpha value is -2.93. The Labute approximate surface area is 165 Å². The summed E-state index contributed by atoms with van der Waals surface area (Å²) in [5, 5.41) is 5.50. The molecule has 7 heteroatoms. The maximum absolute atomic E-state index is 13.2. The zero-order valence-corrected chi connectivity index (χ0v) is 16.8. The molecule has 0 aromatic heterocycles. The number of hydrogen-bond acceptors (Lipinski definition) is 3. The molecule has 2 rings (SSSR count). The van der Waals surface area contributed by atoms with Gasteiger partial charge in [-0.15, -0.1) is 0 Å². The average molecular weight is 386 g/mol. The molecule has 2 N–H and O–H groups in total. The van der Waals surface area contributed by atoms with Gasteiger partial charge in [-0.1, -0.05) is 18.2 Å². The molecule has 0 aliphatic heterocycles. The van der Waals surface area contributed by atoms with E-state index in [0.717, 1.165) is 5.56 Å². The minimum Gasteiger partial charge on any atom is -0.355 e. The van der Waals surface area contributed by atoms with Gasteiger partial charge in [0.25, 0.3) is 5.91 Å². The number of carbonyl (C=O) groups is 2. The fourth-order valence-electron chi connectivity index (χ4n) is 2.73. The highest BCUT2D eigenvalue weighted by Crippen LogP contribution is 2.20. The summed E-state index contributed by atoms with van der Waals surface area (Å²) in [5.74, 6) is -0.515. The molecule has 28 heavy (non-hydrogen) atoms. The first-order chi connectivity index (χ1) is 13.3. The van der Waals surface area contributed by atoms with Crippen LogP contribution in [-0.2, 0) is 6.54 Å². The molecule has 3 amide bonds. The van der Waals surface area contributed by atoms with Crippen LogP contribution in [0, 0.1) is 12.7 Å². The third-order valence-corrected chi connectivity index (χ3v) is 4.44. The Morgan fingerprint density at radius 1 is 1.04 bits per heavy atom. The smallest absolute Gasteiger partial charge is 0.322 e. The summed E-state index contributed by atoms with van der Waals surface area (Å²) in [7, 11) is 5.44. The van der Waals surface area contributed by atoms with Gasteiger partial charge in [-0.25, -0.2) is 9.18 Å². The summed E-state index contributed by atoms with van der Waals surface area (Å²) in [6.07, 6.45) is 0. The first kappa shape index (κ1) is 21.4. The van der Waals surface area contributed by atoms with Gasteiger partial charge in [-0.05, 0) is 56.4 Å². The van der Waals surface area contributed by atoms with Gasteiger partial charge in [0.2, 0.25) is 0 Å². The van der Waals surface area contributed by atoms with Gasteiger partial charge in [0.05, 0.1) is 0 Å².